The lowest BCUT2D eigenvalue weighted by Crippen LogP contribution is -2.98. The van der Waals surface area contributed by atoms with Crippen molar-refractivity contribution < 1.29 is 18.8 Å². The highest BCUT2D eigenvalue weighted by Crippen LogP contribution is 2.75. The average molecular weight is 615 g/mol. The Morgan fingerprint density at radius 2 is 1.27 bits per heavy atom. The van der Waals surface area contributed by atoms with Crippen molar-refractivity contribution in [2.24, 2.45) is 11.8 Å². The van der Waals surface area contributed by atoms with Crippen LogP contribution >= 0.6 is 0 Å². The van der Waals surface area contributed by atoms with E-state index in [0.29, 0.717) is 24.9 Å². The highest BCUT2D eigenvalue weighted by atomic mass is 16.6. The summed E-state index contributed by atoms with van der Waals surface area (Å²) in [5.74, 6) is 1.07. The number of ether oxygens (including phenoxy) is 2. The molecule has 4 saturated heterocycles. The molecular formula is C38H68N3O3+. The van der Waals surface area contributed by atoms with Gasteiger partial charge < -0.3 is 14.3 Å². The molecule has 44 heavy (non-hydrogen) atoms. The molecule has 2 aliphatic carbocycles. The van der Waals surface area contributed by atoms with Crippen LogP contribution in [0.2, 0.25) is 0 Å². The number of aldehydes is 1. The fourth-order valence-electron chi connectivity index (χ4n) is 13.9. The molecule has 4 aliphatic heterocycles. The van der Waals surface area contributed by atoms with Crippen LogP contribution in [-0.4, -0.2) is 90.5 Å². The van der Waals surface area contributed by atoms with Gasteiger partial charge in [0.25, 0.3) is 0 Å². The second-order valence-corrected chi connectivity index (χ2v) is 19.8. The topological polar surface area (TPSA) is 45.3 Å². The zero-order valence-corrected chi connectivity index (χ0v) is 30.9. The summed E-state index contributed by atoms with van der Waals surface area (Å²) in [5, 5.41) is 0. The first-order valence-corrected chi connectivity index (χ1v) is 18.3. The molecule has 0 N–H and O–H groups in total. The number of carbonyl (C=O) groups excluding carboxylic acids is 1. The Bertz CT molecular complexity index is 1120. The van der Waals surface area contributed by atoms with Gasteiger partial charge in [-0.25, -0.2) is 9.80 Å². The molecule has 0 aromatic carbocycles. The van der Waals surface area contributed by atoms with Gasteiger partial charge in [0, 0.05) is 28.1 Å². The maximum Gasteiger partial charge on any atom is 0.193 e. The molecule has 0 aromatic rings. The van der Waals surface area contributed by atoms with E-state index in [-0.39, 0.29) is 56.8 Å². The molecule has 7 unspecified atom stereocenters. The van der Waals surface area contributed by atoms with Crippen molar-refractivity contribution in [3.05, 3.63) is 0 Å². The van der Waals surface area contributed by atoms with E-state index >= 15 is 0 Å². The number of epoxide rings is 1. The Kier molecular flexibility index (Phi) is 7.41. The predicted octanol–water partition coefficient (Wildman–Crippen LogP) is 7.68. The van der Waals surface area contributed by atoms with Crippen LogP contribution in [0.15, 0.2) is 0 Å². The number of morpholine rings is 1. The number of hydrogen-bond donors (Lipinski definition) is 0. The average Bonchev–Trinajstić information content (AvgIpc) is 3.43. The highest BCUT2D eigenvalue weighted by molar-refractivity contribution is 5.50. The smallest absolute Gasteiger partial charge is 0.193 e. The maximum atomic E-state index is 13.3. The van der Waals surface area contributed by atoms with Crippen molar-refractivity contribution in [3.8, 4) is 0 Å². The first kappa shape index (κ1) is 33.4. The molecule has 252 valence electrons. The summed E-state index contributed by atoms with van der Waals surface area (Å²) in [5.41, 5.74) is -1.20. The van der Waals surface area contributed by atoms with Crippen LogP contribution in [0.4, 0.5) is 0 Å². The van der Waals surface area contributed by atoms with Crippen molar-refractivity contribution in [2.45, 2.75) is 211 Å². The summed E-state index contributed by atoms with van der Waals surface area (Å²) >= 11 is 0. The Hall–Kier alpha value is -0.530. The van der Waals surface area contributed by atoms with E-state index < -0.39 is 0 Å². The first-order valence-electron chi connectivity index (χ1n) is 18.3. The van der Waals surface area contributed by atoms with Crippen molar-refractivity contribution in [2.75, 3.05) is 13.2 Å². The van der Waals surface area contributed by atoms with Crippen LogP contribution in [0, 0.1) is 11.8 Å². The maximum absolute atomic E-state index is 13.3. The molecule has 4 heterocycles. The van der Waals surface area contributed by atoms with Crippen LogP contribution in [0.3, 0.4) is 0 Å². The minimum Gasteiger partial charge on any atom is -0.366 e. The van der Waals surface area contributed by atoms with Crippen LogP contribution in [0.25, 0.3) is 0 Å². The minimum atomic E-state index is -0.300. The van der Waals surface area contributed by atoms with Crippen LogP contribution < -0.4 is 0 Å². The zero-order chi connectivity index (χ0) is 32.6. The normalized spacial score (nSPS) is 45.7. The number of likely N-dealkylation sites (tertiary alicyclic amines) is 2. The molecule has 2 bridgehead atoms. The standard InChI is InChI=1S/C38H68N3O3/c1-27-36(12,13)41(35(10,11)25-43-27,30(18-23-42)39-31(2,3)19-14-20-32(39,4)5)38(29-17-16-28(24-29)37(38)26-44-37)40-33(6,7)21-15-22-34(40,8)9/h23,27-30H,14-22,24-26H2,1-13H3/q+1. The zero-order valence-electron chi connectivity index (χ0n) is 30.9. The van der Waals surface area contributed by atoms with E-state index in [9.17, 15) is 4.79 Å². The van der Waals surface area contributed by atoms with Gasteiger partial charge in [0.1, 0.15) is 30.1 Å². The molecule has 0 radical (unpaired) electrons. The fraction of sp³-hybridized carbons (Fsp3) is 0.974. The largest absolute Gasteiger partial charge is 0.366 e. The van der Waals surface area contributed by atoms with Gasteiger partial charge in [0.2, 0.25) is 0 Å². The summed E-state index contributed by atoms with van der Waals surface area (Å²) < 4.78 is 14.9. The second kappa shape index (κ2) is 9.77. The molecule has 0 aromatic heterocycles. The Balaban J connectivity index is 1.81. The van der Waals surface area contributed by atoms with Gasteiger partial charge in [0.15, 0.2) is 17.4 Å². The summed E-state index contributed by atoms with van der Waals surface area (Å²) in [4.78, 5) is 19.3. The van der Waals surface area contributed by atoms with Crippen LogP contribution in [0.1, 0.15) is 154 Å². The predicted molar refractivity (Wildman–Crippen MR) is 178 cm³/mol. The van der Waals surface area contributed by atoms with Gasteiger partial charge in [-0.15, -0.1) is 0 Å². The summed E-state index contributed by atoms with van der Waals surface area (Å²) in [6, 6.07) is 0. The second-order valence-electron chi connectivity index (χ2n) is 19.8. The Labute approximate surface area is 270 Å². The van der Waals surface area contributed by atoms with Crippen LogP contribution in [0.5, 0.6) is 0 Å². The van der Waals surface area contributed by atoms with Gasteiger partial charge in [-0.05, 0) is 154 Å². The molecular weight excluding hydrogens is 546 g/mol. The lowest BCUT2D eigenvalue weighted by atomic mass is 9.62. The fourth-order valence-corrected chi connectivity index (χ4v) is 13.9. The number of quaternary nitrogens is 1. The summed E-state index contributed by atoms with van der Waals surface area (Å²) in [6.45, 7) is 34.0. The number of rotatable bonds is 6. The van der Waals surface area contributed by atoms with Crippen molar-refractivity contribution >= 4 is 6.29 Å². The molecule has 6 nitrogen and oxygen atoms in total. The Morgan fingerprint density at radius 1 is 0.773 bits per heavy atom. The first-order chi connectivity index (χ1) is 20.1. The van der Waals surface area contributed by atoms with E-state index in [1.54, 1.807) is 0 Å². The molecule has 6 aliphatic rings. The number of hydrogen-bond acceptors (Lipinski definition) is 5. The van der Waals surface area contributed by atoms with Gasteiger partial charge in [-0.3, -0.25) is 4.48 Å². The third-order valence-corrected chi connectivity index (χ3v) is 14.9. The summed E-state index contributed by atoms with van der Waals surface area (Å²) in [7, 11) is 0. The van der Waals surface area contributed by atoms with Gasteiger partial charge in [0.05, 0.1) is 13.0 Å². The van der Waals surface area contributed by atoms with Crippen LogP contribution in [-0.2, 0) is 14.3 Å². The lowest BCUT2D eigenvalue weighted by molar-refractivity contribution is -1.11. The number of fused-ring (bicyclic) bond motifs is 3. The lowest BCUT2D eigenvalue weighted by Gasteiger charge is -2.80. The Morgan fingerprint density at radius 3 is 1.77 bits per heavy atom. The number of carbonyl (C=O) groups is 1. The van der Waals surface area contributed by atoms with E-state index in [1.807, 2.05) is 0 Å². The van der Waals surface area contributed by atoms with E-state index in [1.165, 1.54) is 51.2 Å². The third-order valence-electron chi connectivity index (χ3n) is 14.9. The van der Waals surface area contributed by atoms with Crippen molar-refractivity contribution in [1.82, 2.24) is 9.80 Å². The third kappa shape index (κ3) is 3.87. The van der Waals surface area contributed by atoms with E-state index in [0.717, 1.165) is 23.9 Å². The molecule has 6 rings (SSSR count). The molecule has 6 heteroatoms. The molecule has 7 atom stereocenters. The minimum absolute atomic E-state index is 0.0110. The van der Waals surface area contributed by atoms with Crippen molar-refractivity contribution in [1.29, 1.82) is 0 Å². The molecule has 1 spiro atoms. The van der Waals surface area contributed by atoms with E-state index in [2.05, 4.69) is 99.8 Å². The monoisotopic (exact) mass is 615 g/mol. The SMILES string of the molecule is CC1OCC(C)(C)[N+](C(CC=O)N2C(C)(C)CCCC2(C)C)(C2(N3C(C)(C)CCCC3(C)C)C3CCC(C3)C23CO3)C1(C)C. The molecule has 6 fully saturated rings. The highest BCUT2D eigenvalue weighted by Gasteiger charge is 2.92. The number of piperidine rings is 2. The van der Waals surface area contributed by atoms with Gasteiger partial charge in [-0.2, -0.15) is 0 Å². The van der Waals surface area contributed by atoms with Gasteiger partial charge in [-0.1, -0.05) is 0 Å². The van der Waals surface area contributed by atoms with Gasteiger partial charge >= 0.3 is 0 Å². The number of nitrogens with zero attached hydrogens (tertiary/aromatic N) is 3. The molecule has 2 saturated carbocycles. The van der Waals surface area contributed by atoms with Crippen molar-refractivity contribution in [3.63, 3.8) is 0 Å². The quantitative estimate of drug-likeness (QED) is 0.175. The summed E-state index contributed by atoms with van der Waals surface area (Å²) in [6.07, 6.45) is 12.8. The molecule has 0 amide bonds. The van der Waals surface area contributed by atoms with E-state index in [4.69, 9.17) is 9.47 Å².